The number of methoxy groups -OCH3 is 1. The standard InChI is InChI=1S/C17H23ClN2O/c1-12-3-5-13(6-4-12)11-20-16-8-7-14(21-2)9-15(16)19-17(20)10-18/h7-9,12-13H,3-6,10-11H2,1-2H3. The predicted octanol–water partition coefficient (Wildman–Crippen LogP) is 4.61. The summed E-state index contributed by atoms with van der Waals surface area (Å²) in [4.78, 5) is 4.67. The van der Waals surface area contributed by atoms with Gasteiger partial charge in [-0.2, -0.15) is 0 Å². The van der Waals surface area contributed by atoms with E-state index in [9.17, 15) is 0 Å². The van der Waals surface area contributed by atoms with E-state index in [1.807, 2.05) is 12.1 Å². The second kappa shape index (κ2) is 6.27. The Bertz CT molecular complexity index is 615. The van der Waals surface area contributed by atoms with Gasteiger partial charge in [-0.3, -0.25) is 0 Å². The molecule has 0 N–H and O–H groups in total. The van der Waals surface area contributed by atoms with Crippen LogP contribution in [-0.2, 0) is 12.4 Å². The molecule has 0 saturated heterocycles. The molecule has 3 nitrogen and oxygen atoms in total. The maximum Gasteiger partial charge on any atom is 0.124 e. The maximum absolute atomic E-state index is 6.10. The third kappa shape index (κ3) is 3.03. The van der Waals surface area contributed by atoms with E-state index in [-0.39, 0.29) is 0 Å². The highest BCUT2D eigenvalue weighted by Gasteiger charge is 2.21. The molecule has 0 aliphatic heterocycles. The molecule has 1 aromatic heterocycles. The highest BCUT2D eigenvalue weighted by Crippen LogP contribution is 2.31. The zero-order chi connectivity index (χ0) is 14.8. The van der Waals surface area contributed by atoms with Gasteiger partial charge in [-0.1, -0.05) is 19.8 Å². The normalized spacial score (nSPS) is 22.6. The zero-order valence-electron chi connectivity index (χ0n) is 12.8. The van der Waals surface area contributed by atoms with Gasteiger partial charge in [0.1, 0.15) is 11.6 Å². The Morgan fingerprint density at radius 1 is 1.29 bits per heavy atom. The number of rotatable bonds is 4. The van der Waals surface area contributed by atoms with Gasteiger partial charge >= 0.3 is 0 Å². The van der Waals surface area contributed by atoms with Crippen molar-refractivity contribution in [1.29, 1.82) is 0 Å². The lowest BCUT2D eigenvalue weighted by atomic mass is 9.83. The van der Waals surface area contributed by atoms with Crippen LogP contribution in [0.25, 0.3) is 11.0 Å². The molecule has 1 fully saturated rings. The molecule has 0 amide bonds. The van der Waals surface area contributed by atoms with Crippen molar-refractivity contribution in [3.63, 3.8) is 0 Å². The third-order valence-electron chi connectivity index (χ3n) is 4.73. The summed E-state index contributed by atoms with van der Waals surface area (Å²) in [6.45, 7) is 3.40. The quantitative estimate of drug-likeness (QED) is 0.771. The first-order chi connectivity index (χ1) is 10.2. The molecule has 0 spiro atoms. The van der Waals surface area contributed by atoms with Crippen LogP contribution in [0.1, 0.15) is 38.4 Å². The average molecular weight is 307 g/mol. The molecule has 0 unspecified atom stereocenters. The Morgan fingerprint density at radius 3 is 2.71 bits per heavy atom. The highest BCUT2D eigenvalue weighted by atomic mass is 35.5. The molecule has 1 aromatic carbocycles. The summed E-state index contributed by atoms with van der Waals surface area (Å²) in [6.07, 6.45) is 5.33. The Kier molecular flexibility index (Phi) is 4.39. The topological polar surface area (TPSA) is 27.1 Å². The maximum atomic E-state index is 6.10. The first-order valence-corrected chi connectivity index (χ1v) is 8.33. The number of benzene rings is 1. The van der Waals surface area contributed by atoms with Crippen LogP contribution in [0.15, 0.2) is 18.2 Å². The molecular weight excluding hydrogens is 284 g/mol. The van der Waals surface area contributed by atoms with Crippen molar-refractivity contribution in [3.8, 4) is 5.75 Å². The first-order valence-electron chi connectivity index (χ1n) is 7.80. The molecule has 1 aliphatic carbocycles. The Morgan fingerprint density at radius 2 is 2.05 bits per heavy atom. The second-order valence-corrected chi connectivity index (χ2v) is 6.52. The van der Waals surface area contributed by atoms with E-state index in [1.165, 1.54) is 31.2 Å². The molecule has 0 radical (unpaired) electrons. The summed E-state index contributed by atoms with van der Waals surface area (Å²) < 4.78 is 7.59. The summed E-state index contributed by atoms with van der Waals surface area (Å²) in [5.74, 6) is 3.92. The number of hydrogen-bond donors (Lipinski definition) is 0. The number of fused-ring (bicyclic) bond motifs is 1. The van der Waals surface area contributed by atoms with Gasteiger partial charge in [-0.15, -0.1) is 11.6 Å². The first kappa shape index (κ1) is 14.7. The number of ether oxygens (including phenoxy) is 1. The van der Waals surface area contributed by atoms with Gasteiger partial charge in [0.2, 0.25) is 0 Å². The Balaban J connectivity index is 1.89. The van der Waals surface area contributed by atoms with Crippen molar-refractivity contribution in [2.75, 3.05) is 7.11 Å². The van der Waals surface area contributed by atoms with Crippen LogP contribution in [0, 0.1) is 11.8 Å². The van der Waals surface area contributed by atoms with Crippen molar-refractivity contribution in [1.82, 2.24) is 9.55 Å². The number of alkyl halides is 1. The molecule has 2 aromatic rings. The number of aromatic nitrogens is 2. The summed E-state index contributed by atoms with van der Waals surface area (Å²) in [7, 11) is 1.68. The van der Waals surface area contributed by atoms with Crippen LogP contribution >= 0.6 is 11.6 Å². The van der Waals surface area contributed by atoms with E-state index in [2.05, 4.69) is 22.5 Å². The molecule has 3 rings (SSSR count). The van der Waals surface area contributed by atoms with Crippen molar-refractivity contribution < 1.29 is 4.74 Å². The lowest BCUT2D eigenvalue weighted by molar-refractivity contribution is 0.265. The molecule has 1 saturated carbocycles. The van der Waals surface area contributed by atoms with Crippen molar-refractivity contribution >= 4 is 22.6 Å². The molecule has 0 atom stereocenters. The summed E-state index contributed by atoms with van der Waals surface area (Å²) >= 11 is 6.10. The lowest BCUT2D eigenvalue weighted by Crippen LogP contribution is -2.18. The van der Waals surface area contributed by atoms with Crippen LogP contribution in [0.4, 0.5) is 0 Å². The van der Waals surface area contributed by atoms with E-state index in [4.69, 9.17) is 16.3 Å². The molecule has 1 heterocycles. The molecular formula is C17H23ClN2O. The Labute approximate surface area is 131 Å². The summed E-state index contributed by atoms with van der Waals surface area (Å²) in [5.41, 5.74) is 2.15. The van der Waals surface area contributed by atoms with Gasteiger partial charge in [0.25, 0.3) is 0 Å². The number of hydrogen-bond acceptors (Lipinski definition) is 2. The Hall–Kier alpha value is -1.22. The predicted molar refractivity (Wildman–Crippen MR) is 87.0 cm³/mol. The van der Waals surface area contributed by atoms with Gasteiger partial charge in [0, 0.05) is 12.6 Å². The fraction of sp³-hybridized carbons (Fsp3) is 0.588. The van der Waals surface area contributed by atoms with Crippen molar-refractivity contribution in [3.05, 3.63) is 24.0 Å². The lowest BCUT2D eigenvalue weighted by Gasteiger charge is -2.27. The van der Waals surface area contributed by atoms with Crippen molar-refractivity contribution in [2.45, 2.75) is 45.0 Å². The highest BCUT2D eigenvalue weighted by molar-refractivity contribution is 6.16. The second-order valence-electron chi connectivity index (χ2n) is 6.25. The van der Waals surface area contributed by atoms with E-state index in [1.54, 1.807) is 7.11 Å². The smallest absolute Gasteiger partial charge is 0.124 e. The summed E-state index contributed by atoms with van der Waals surface area (Å²) in [6, 6.07) is 6.09. The minimum atomic E-state index is 0.458. The fourth-order valence-corrected chi connectivity index (χ4v) is 3.57. The van der Waals surface area contributed by atoms with E-state index >= 15 is 0 Å². The molecule has 0 bridgehead atoms. The molecule has 21 heavy (non-hydrogen) atoms. The minimum Gasteiger partial charge on any atom is -0.497 e. The molecule has 114 valence electrons. The van der Waals surface area contributed by atoms with Gasteiger partial charge in [-0.25, -0.2) is 4.98 Å². The van der Waals surface area contributed by atoms with Gasteiger partial charge in [0.15, 0.2) is 0 Å². The van der Waals surface area contributed by atoms with Crippen LogP contribution < -0.4 is 4.74 Å². The molecule has 1 aliphatic rings. The van der Waals surface area contributed by atoms with E-state index in [0.29, 0.717) is 5.88 Å². The zero-order valence-corrected chi connectivity index (χ0v) is 13.6. The largest absolute Gasteiger partial charge is 0.497 e. The van der Waals surface area contributed by atoms with Crippen LogP contribution in [-0.4, -0.2) is 16.7 Å². The van der Waals surface area contributed by atoms with Crippen molar-refractivity contribution in [2.24, 2.45) is 11.8 Å². The van der Waals surface area contributed by atoms with Crippen LogP contribution in [0.2, 0.25) is 0 Å². The van der Waals surface area contributed by atoms with Gasteiger partial charge < -0.3 is 9.30 Å². The third-order valence-corrected chi connectivity index (χ3v) is 4.97. The van der Waals surface area contributed by atoms with Gasteiger partial charge in [-0.05, 0) is 36.8 Å². The monoisotopic (exact) mass is 306 g/mol. The van der Waals surface area contributed by atoms with Gasteiger partial charge in [0.05, 0.1) is 24.0 Å². The minimum absolute atomic E-state index is 0.458. The fourth-order valence-electron chi connectivity index (χ4n) is 3.36. The average Bonchev–Trinajstić information content (AvgIpc) is 2.86. The van der Waals surface area contributed by atoms with E-state index < -0.39 is 0 Å². The number of halogens is 1. The van der Waals surface area contributed by atoms with Crippen LogP contribution in [0.3, 0.4) is 0 Å². The number of imidazole rings is 1. The SMILES string of the molecule is COc1ccc2c(c1)nc(CCl)n2CC1CCC(C)CC1. The van der Waals surface area contributed by atoms with Crippen LogP contribution in [0.5, 0.6) is 5.75 Å². The van der Waals surface area contributed by atoms with E-state index in [0.717, 1.165) is 35.5 Å². The molecule has 4 heteroatoms. The summed E-state index contributed by atoms with van der Waals surface area (Å²) in [5, 5.41) is 0. The number of nitrogens with zero attached hydrogens (tertiary/aromatic N) is 2.